The molecule has 3 heterocycles. The van der Waals surface area contributed by atoms with Crippen molar-refractivity contribution >= 4 is 22.3 Å². The molecule has 41 heavy (non-hydrogen) atoms. The van der Waals surface area contributed by atoms with E-state index in [0.717, 1.165) is 61.7 Å². The summed E-state index contributed by atoms with van der Waals surface area (Å²) in [5.74, 6) is 0.780. The van der Waals surface area contributed by atoms with Crippen LogP contribution < -0.4 is 5.32 Å². The number of benzene rings is 4. The van der Waals surface area contributed by atoms with Crippen molar-refractivity contribution in [3.8, 4) is 44.8 Å². The molecule has 4 heteroatoms. The first-order valence-electron chi connectivity index (χ1n) is 13.6. The Kier molecular flexibility index (Phi) is 6.48. The van der Waals surface area contributed by atoms with Gasteiger partial charge < -0.3 is 5.32 Å². The zero-order valence-electron chi connectivity index (χ0n) is 22.3. The van der Waals surface area contributed by atoms with E-state index in [-0.39, 0.29) is 0 Å². The van der Waals surface area contributed by atoms with E-state index in [1.165, 1.54) is 5.39 Å². The first kappa shape index (κ1) is 24.4. The Balaban J connectivity index is 1.26. The Bertz CT molecular complexity index is 1980. The minimum absolute atomic E-state index is 0.780. The molecule has 0 atom stereocenters. The second-order valence-corrected chi connectivity index (χ2v) is 9.83. The second kappa shape index (κ2) is 10.9. The number of hydrogen-bond acceptors (Lipinski definition) is 4. The van der Waals surface area contributed by atoms with Crippen LogP contribution in [0.25, 0.3) is 55.5 Å². The van der Waals surface area contributed by atoms with Gasteiger partial charge in [0.05, 0.1) is 11.4 Å². The van der Waals surface area contributed by atoms with E-state index in [9.17, 15) is 0 Å². The summed E-state index contributed by atoms with van der Waals surface area (Å²) >= 11 is 0. The van der Waals surface area contributed by atoms with Crippen LogP contribution in [0.1, 0.15) is 0 Å². The van der Waals surface area contributed by atoms with Gasteiger partial charge in [-0.25, -0.2) is 4.98 Å². The Labute approximate surface area is 239 Å². The van der Waals surface area contributed by atoms with Gasteiger partial charge in [-0.05, 0) is 64.5 Å². The molecular weight excluding hydrogens is 500 g/mol. The van der Waals surface area contributed by atoms with Gasteiger partial charge >= 0.3 is 0 Å². The van der Waals surface area contributed by atoms with Crippen molar-refractivity contribution in [3.05, 3.63) is 152 Å². The van der Waals surface area contributed by atoms with Crippen LogP contribution >= 0.6 is 0 Å². The van der Waals surface area contributed by atoms with Gasteiger partial charge in [0.1, 0.15) is 5.82 Å². The molecule has 0 spiro atoms. The Morgan fingerprint density at radius 2 is 1.20 bits per heavy atom. The van der Waals surface area contributed by atoms with Gasteiger partial charge in [-0.1, -0.05) is 91.0 Å². The molecule has 7 rings (SSSR count). The van der Waals surface area contributed by atoms with Crippen molar-refractivity contribution in [2.75, 3.05) is 5.32 Å². The number of fused-ring (bicyclic) bond motifs is 1. The molecule has 3 aromatic heterocycles. The standard InChI is InChI=1S/C37H26N4/c1-2-10-26(11-3-1)28-20-22-38-35(25-28)33-16-6-7-18-34(33)41-37-32(17-9-21-40-37)29-13-8-14-30(24-29)36-31-15-5-4-12-27(31)19-23-39-36/h1-25H,(H,40,41). The van der Waals surface area contributed by atoms with E-state index in [0.29, 0.717) is 0 Å². The van der Waals surface area contributed by atoms with Gasteiger partial charge in [0.2, 0.25) is 0 Å². The minimum atomic E-state index is 0.780. The summed E-state index contributed by atoms with van der Waals surface area (Å²) < 4.78 is 0. The monoisotopic (exact) mass is 526 g/mol. The molecule has 194 valence electrons. The lowest BCUT2D eigenvalue weighted by Gasteiger charge is -2.15. The highest BCUT2D eigenvalue weighted by atomic mass is 15.0. The number of rotatable bonds is 6. The summed E-state index contributed by atoms with van der Waals surface area (Å²) in [6.07, 6.45) is 5.56. The molecule has 0 bridgehead atoms. The summed E-state index contributed by atoms with van der Waals surface area (Å²) in [7, 11) is 0. The van der Waals surface area contributed by atoms with Crippen LogP contribution in [0.4, 0.5) is 11.5 Å². The van der Waals surface area contributed by atoms with Gasteiger partial charge in [-0.15, -0.1) is 0 Å². The summed E-state index contributed by atoms with van der Waals surface area (Å²) in [6.45, 7) is 0. The molecule has 4 nitrogen and oxygen atoms in total. The molecule has 0 unspecified atom stereocenters. The van der Waals surface area contributed by atoms with Gasteiger partial charge in [-0.3, -0.25) is 9.97 Å². The van der Waals surface area contributed by atoms with E-state index in [1.807, 2.05) is 55.0 Å². The Morgan fingerprint density at radius 3 is 2.15 bits per heavy atom. The van der Waals surface area contributed by atoms with Crippen molar-refractivity contribution < 1.29 is 0 Å². The van der Waals surface area contributed by atoms with Crippen LogP contribution in [0, 0.1) is 0 Å². The van der Waals surface area contributed by atoms with Gasteiger partial charge in [0.15, 0.2) is 0 Å². The summed E-state index contributed by atoms with van der Waals surface area (Å²) in [4.78, 5) is 14.2. The first-order valence-corrected chi connectivity index (χ1v) is 13.6. The van der Waals surface area contributed by atoms with Crippen molar-refractivity contribution in [1.29, 1.82) is 0 Å². The van der Waals surface area contributed by atoms with Crippen LogP contribution in [-0.4, -0.2) is 15.0 Å². The highest BCUT2D eigenvalue weighted by Crippen LogP contribution is 2.36. The predicted octanol–water partition coefficient (Wildman–Crippen LogP) is 9.44. The molecule has 0 saturated heterocycles. The molecule has 0 aliphatic rings. The van der Waals surface area contributed by atoms with E-state index in [1.54, 1.807) is 0 Å². The number of hydrogen-bond donors (Lipinski definition) is 1. The lowest BCUT2D eigenvalue weighted by molar-refractivity contribution is 1.29. The number of nitrogens with zero attached hydrogens (tertiary/aromatic N) is 3. The van der Waals surface area contributed by atoms with Gasteiger partial charge in [-0.2, -0.15) is 0 Å². The summed E-state index contributed by atoms with van der Waals surface area (Å²) in [5.41, 5.74) is 9.25. The van der Waals surface area contributed by atoms with Crippen LogP contribution in [0.15, 0.2) is 152 Å². The molecular formula is C37H26N4. The Morgan fingerprint density at radius 1 is 0.439 bits per heavy atom. The lowest BCUT2D eigenvalue weighted by atomic mass is 9.99. The third-order valence-corrected chi connectivity index (χ3v) is 7.25. The van der Waals surface area contributed by atoms with E-state index >= 15 is 0 Å². The van der Waals surface area contributed by atoms with Crippen molar-refractivity contribution in [1.82, 2.24) is 15.0 Å². The molecule has 7 aromatic rings. The first-order chi connectivity index (χ1) is 20.3. The third-order valence-electron chi connectivity index (χ3n) is 7.25. The van der Waals surface area contributed by atoms with Crippen molar-refractivity contribution in [3.63, 3.8) is 0 Å². The van der Waals surface area contributed by atoms with Gasteiger partial charge in [0.25, 0.3) is 0 Å². The maximum Gasteiger partial charge on any atom is 0.138 e. The molecule has 0 fully saturated rings. The molecule has 1 N–H and O–H groups in total. The fourth-order valence-corrected chi connectivity index (χ4v) is 5.25. The van der Waals surface area contributed by atoms with E-state index in [4.69, 9.17) is 15.0 Å². The fraction of sp³-hybridized carbons (Fsp3) is 0. The lowest BCUT2D eigenvalue weighted by Crippen LogP contribution is -1.99. The topological polar surface area (TPSA) is 50.7 Å². The molecule has 0 aliphatic heterocycles. The fourth-order valence-electron chi connectivity index (χ4n) is 5.25. The Hall–Kier alpha value is -5.61. The van der Waals surface area contributed by atoms with Crippen LogP contribution in [0.3, 0.4) is 0 Å². The maximum atomic E-state index is 4.76. The highest BCUT2D eigenvalue weighted by Gasteiger charge is 2.13. The maximum absolute atomic E-state index is 4.76. The number of para-hydroxylation sites is 1. The van der Waals surface area contributed by atoms with Crippen molar-refractivity contribution in [2.45, 2.75) is 0 Å². The molecule has 0 saturated carbocycles. The average Bonchev–Trinajstić information content (AvgIpc) is 3.05. The third kappa shape index (κ3) is 4.95. The summed E-state index contributed by atoms with van der Waals surface area (Å²) in [5, 5.41) is 5.93. The number of nitrogens with one attached hydrogen (secondary N) is 1. The van der Waals surface area contributed by atoms with Crippen LogP contribution in [0.2, 0.25) is 0 Å². The zero-order valence-corrected chi connectivity index (χ0v) is 22.3. The zero-order chi connectivity index (χ0) is 27.4. The number of pyridine rings is 3. The normalized spacial score (nSPS) is 10.9. The highest BCUT2D eigenvalue weighted by molar-refractivity contribution is 5.95. The van der Waals surface area contributed by atoms with E-state index < -0.39 is 0 Å². The predicted molar refractivity (Wildman–Crippen MR) is 169 cm³/mol. The summed E-state index contributed by atoms with van der Waals surface area (Å²) in [6, 6.07) is 45.8. The molecule has 4 aromatic carbocycles. The molecule has 0 aliphatic carbocycles. The largest absolute Gasteiger partial charge is 0.339 e. The number of aromatic nitrogens is 3. The van der Waals surface area contributed by atoms with Gasteiger partial charge in [0, 0.05) is 46.4 Å². The SMILES string of the molecule is c1ccc(-c2ccnc(-c3ccccc3Nc3ncccc3-c3cccc(-c4nccc5ccccc45)c3)c2)cc1. The van der Waals surface area contributed by atoms with Crippen molar-refractivity contribution in [2.24, 2.45) is 0 Å². The quantitative estimate of drug-likeness (QED) is 0.234. The second-order valence-electron chi connectivity index (χ2n) is 9.83. The van der Waals surface area contributed by atoms with Crippen LogP contribution in [-0.2, 0) is 0 Å². The number of anilines is 2. The van der Waals surface area contributed by atoms with Crippen LogP contribution in [0.5, 0.6) is 0 Å². The molecule has 0 amide bonds. The molecule has 0 radical (unpaired) electrons. The average molecular weight is 527 g/mol. The smallest absolute Gasteiger partial charge is 0.138 e. The van der Waals surface area contributed by atoms with E-state index in [2.05, 4.69) is 102 Å². The minimum Gasteiger partial charge on any atom is -0.339 e.